The van der Waals surface area contributed by atoms with E-state index in [1.54, 1.807) is 24.3 Å². The van der Waals surface area contributed by atoms with Gasteiger partial charge in [0, 0.05) is 29.4 Å². The van der Waals surface area contributed by atoms with Crippen LogP contribution in [0, 0.1) is 6.92 Å². The molecule has 2 aromatic rings. The Morgan fingerprint density at radius 1 is 1.41 bits per heavy atom. The molecule has 0 saturated heterocycles. The van der Waals surface area contributed by atoms with Crippen molar-refractivity contribution in [2.75, 3.05) is 19.8 Å². The maximum Gasteiger partial charge on any atom is 0.153 e. The molecule has 0 saturated carbocycles. The summed E-state index contributed by atoms with van der Waals surface area (Å²) in [6.45, 7) is 3.64. The van der Waals surface area contributed by atoms with Crippen molar-refractivity contribution in [3.8, 4) is 16.2 Å². The van der Waals surface area contributed by atoms with E-state index < -0.39 is 0 Å². The molecule has 2 heterocycles. The summed E-state index contributed by atoms with van der Waals surface area (Å²) in [6.07, 6.45) is 1.62. The highest BCUT2D eigenvalue weighted by atomic mass is 32.1. The molecule has 1 aliphatic heterocycles. The first-order valence-electron chi connectivity index (χ1n) is 7.31. The predicted molar refractivity (Wildman–Crippen MR) is 86.5 cm³/mol. The number of hydrogen-bond acceptors (Lipinski definition) is 4. The highest BCUT2D eigenvalue weighted by Gasteiger charge is 2.20. The van der Waals surface area contributed by atoms with Crippen molar-refractivity contribution in [3.05, 3.63) is 39.8 Å². The number of phenols is 1. The fraction of sp³-hybridized carbons (Fsp3) is 0.353. The Morgan fingerprint density at radius 2 is 2.23 bits per heavy atom. The number of alkyl halides is 1. The lowest BCUT2D eigenvalue weighted by atomic mass is 10.0. The van der Waals surface area contributed by atoms with Gasteiger partial charge in [-0.25, -0.2) is 4.39 Å². The van der Waals surface area contributed by atoms with Gasteiger partial charge in [-0.15, -0.1) is 11.3 Å². The van der Waals surface area contributed by atoms with Crippen LogP contribution in [0.25, 0.3) is 10.4 Å². The van der Waals surface area contributed by atoms with Crippen molar-refractivity contribution in [3.63, 3.8) is 0 Å². The number of hydrogen-bond donors (Lipinski definition) is 1. The number of aryl methyl sites for hydroxylation is 1. The lowest BCUT2D eigenvalue weighted by Crippen LogP contribution is -2.31. The van der Waals surface area contributed by atoms with E-state index in [0.717, 1.165) is 30.0 Å². The Hall–Kier alpha value is -1.72. The van der Waals surface area contributed by atoms with Gasteiger partial charge in [-0.3, -0.25) is 9.69 Å². The minimum atomic E-state index is -0.313. The van der Waals surface area contributed by atoms with Crippen LogP contribution >= 0.6 is 11.3 Å². The maximum absolute atomic E-state index is 12.5. The topological polar surface area (TPSA) is 40.5 Å². The largest absolute Gasteiger partial charge is 0.507 e. The van der Waals surface area contributed by atoms with Crippen molar-refractivity contribution in [2.24, 2.45) is 0 Å². The molecule has 0 aliphatic carbocycles. The first kappa shape index (κ1) is 15.2. The second-order valence-electron chi connectivity index (χ2n) is 5.62. The Labute approximate surface area is 133 Å². The molecule has 0 fully saturated rings. The molecule has 0 unspecified atom stereocenters. The summed E-state index contributed by atoms with van der Waals surface area (Å²) in [5.41, 5.74) is 3.22. The van der Waals surface area contributed by atoms with E-state index in [1.807, 2.05) is 6.07 Å². The smallest absolute Gasteiger partial charge is 0.153 e. The molecule has 1 aromatic heterocycles. The van der Waals surface area contributed by atoms with Crippen molar-refractivity contribution in [1.82, 2.24) is 4.90 Å². The Morgan fingerprint density at radius 3 is 2.95 bits per heavy atom. The first-order valence-corrected chi connectivity index (χ1v) is 8.13. The van der Waals surface area contributed by atoms with Gasteiger partial charge in [0.05, 0.1) is 5.56 Å². The monoisotopic (exact) mass is 319 g/mol. The molecule has 0 radical (unpaired) electrons. The van der Waals surface area contributed by atoms with Gasteiger partial charge >= 0.3 is 0 Å². The van der Waals surface area contributed by atoms with E-state index in [1.165, 1.54) is 10.4 Å². The van der Waals surface area contributed by atoms with Crippen molar-refractivity contribution < 1.29 is 14.3 Å². The number of aldehydes is 1. The van der Waals surface area contributed by atoms with Crippen LogP contribution in [0.1, 0.15) is 26.4 Å². The molecular formula is C17H18FNO2S. The van der Waals surface area contributed by atoms with E-state index in [9.17, 15) is 14.3 Å². The van der Waals surface area contributed by atoms with Gasteiger partial charge in [0.25, 0.3) is 0 Å². The average Bonchev–Trinajstić information content (AvgIpc) is 2.93. The third kappa shape index (κ3) is 2.78. The van der Waals surface area contributed by atoms with E-state index in [2.05, 4.69) is 11.0 Å². The molecule has 1 aliphatic rings. The molecule has 22 heavy (non-hydrogen) atoms. The van der Waals surface area contributed by atoms with Crippen molar-refractivity contribution in [2.45, 2.75) is 19.9 Å². The molecule has 3 nitrogen and oxygen atoms in total. The van der Waals surface area contributed by atoms with E-state index in [-0.39, 0.29) is 12.4 Å². The number of rotatable bonds is 4. The van der Waals surface area contributed by atoms with Gasteiger partial charge in [-0.2, -0.15) is 0 Å². The standard InChI is InChI=1S/C17H18FNO2S/c1-11-6-12(7-14(10-20)17(11)21)16-8-13-9-19(5-3-18)4-2-15(13)22-16/h6-8,10,21H,2-5,9H2,1H3. The van der Waals surface area contributed by atoms with Gasteiger partial charge in [0.1, 0.15) is 12.4 Å². The maximum atomic E-state index is 12.5. The Bertz CT molecular complexity index is 711. The fourth-order valence-electron chi connectivity index (χ4n) is 2.88. The molecule has 0 bridgehead atoms. The highest BCUT2D eigenvalue weighted by Crippen LogP contribution is 2.37. The summed E-state index contributed by atoms with van der Waals surface area (Å²) in [7, 11) is 0. The molecule has 0 atom stereocenters. The van der Waals surface area contributed by atoms with Crippen LogP contribution in [0.2, 0.25) is 0 Å². The van der Waals surface area contributed by atoms with Crippen LogP contribution in [0.15, 0.2) is 18.2 Å². The van der Waals surface area contributed by atoms with Crippen LogP contribution in [0.3, 0.4) is 0 Å². The van der Waals surface area contributed by atoms with E-state index in [0.29, 0.717) is 24.0 Å². The zero-order valence-corrected chi connectivity index (χ0v) is 13.3. The molecular weight excluding hydrogens is 301 g/mol. The van der Waals surface area contributed by atoms with Gasteiger partial charge < -0.3 is 5.11 Å². The summed E-state index contributed by atoms with van der Waals surface area (Å²) in [5, 5.41) is 9.85. The number of carbonyl (C=O) groups is 1. The molecule has 0 amide bonds. The summed E-state index contributed by atoms with van der Waals surface area (Å²) in [5.74, 6) is 0.0502. The van der Waals surface area contributed by atoms with Gasteiger partial charge in [0.2, 0.25) is 0 Å². The van der Waals surface area contributed by atoms with E-state index >= 15 is 0 Å². The third-order valence-electron chi connectivity index (χ3n) is 4.09. The molecule has 5 heteroatoms. The summed E-state index contributed by atoms with van der Waals surface area (Å²) >= 11 is 1.72. The first-order chi connectivity index (χ1) is 10.6. The van der Waals surface area contributed by atoms with Crippen LogP contribution in [0.4, 0.5) is 4.39 Å². The summed E-state index contributed by atoms with van der Waals surface area (Å²) < 4.78 is 12.5. The number of carbonyl (C=O) groups excluding carboxylic acids is 1. The molecule has 116 valence electrons. The fourth-order valence-corrected chi connectivity index (χ4v) is 4.03. The van der Waals surface area contributed by atoms with Gasteiger partial charge in [0.15, 0.2) is 6.29 Å². The minimum Gasteiger partial charge on any atom is -0.507 e. The second-order valence-corrected chi connectivity index (χ2v) is 6.76. The normalized spacial score (nSPS) is 14.8. The Balaban J connectivity index is 1.94. The zero-order chi connectivity index (χ0) is 15.7. The predicted octanol–water partition coefficient (Wildman–Crippen LogP) is 3.57. The molecule has 3 rings (SSSR count). The molecule has 1 aromatic carbocycles. The van der Waals surface area contributed by atoms with Crippen LogP contribution < -0.4 is 0 Å². The quantitative estimate of drug-likeness (QED) is 0.876. The Kier molecular flexibility index (Phi) is 4.27. The van der Waals surface area contributed by atoms with Crippen LogP contribution in [-0.2, 0) is 13.0 Å². The van der Waals surface area contributed by atoms with Crippen LogP contribution in [-0.4, -0.2) is 36.1 Å². The third-order valence-corrected chi connectivity index (χ3v) is 5.37. The lowest BCUT2D eigenvalue weighted by molar-refractivity contribution is 0.112. The SMILES string of the molecule is Cc1cc(-c2cc3c(s2)CCN(CCF)C3)cc(C=O)c1O. The van der Waals surface area contributed by atoms with Gasteiger partial charge in [-0.1, -0.05) is 0 Å². The van der Waals surface area contributed by atoms with E-state index in [4.69, 9.17) is 0 Å². The van der Waals surface area contributed by atoms with Gasteiger partial charge in [-0.05, 0) is 48.2 Å². The minimum absolute atomic E-state index is 0.0502. The summed E-state index contributed by atoms with van der Waals surface area (Å²) in [4.78, 5) is 15.6. The number of aromatic hydroxyl groups is 1. The second kappa shape index (κ2) is 6.18. The van der Waals surface area contributed by atoms with Crippen LogP contribution in [0.5, 0.6) is 5.75 Å². The number of benzene rings is 1. The number of halogens is 1. The number of phenolic OH excluding ortho intramolecular Hbond substituents is 1. The highest BCUT2D eigenvalue weighted by molar-refractivity contribution is 7.15. The zero-order valence-electron chi connectivity index (χ0n) is 12.4. The molecule has 0 spiro atoms. The average molecular weight is 319 g/mol. The molecule has 1 N–H and O–H groups in total. The van der Waals surface area contributed by atoms with Crippen molar-refractivity contribution >= 4 is 17.6 Å². The van der Waals surface area contributed by atoms with Crippen molar-refractivity contribution in [1.29, 1.82) is 0 Å². The lowest BCUT2D eigenvalue weighted by Gasteiger charge is -2.25. The number of fused-ring (bicyclic) bond motifs is 1. The summed E-state index contributed by atoms with van der Waals surface area (Å²) in [6, 6.07) is 5.76. The number of nitrogens with zero attached hydrogens (tertiary/aromatic N) is 1. The number of thiophene rings is 1.